The highest BCUT2D eigenvalue weighted by Crippen LogP contribution is 2.27. The monoisotopic (exact) mass is 305 g/mol. The molecule has 0 radical (unpaired) electrons. The first-order chi connectivity index (χ1) is 9.82. The maximum absolute atomic E-state index is 13.4. The van der Waals surface area contributed by atoms with Crippen molar-refractivity contribution in [2.45, 2.75) is 13.5 Å². The van der Waals surface area contributed by atoms with Crippen molar-refractivity contribution < 1.29 is 26.3 Å². The SMILES string of the molecule is Cc1ccc(F)cc1CNc1c(F)c(F)c(F)c(F)c1F. The van der Waals surface area contributed by atoms with Crippen LogP contribution in [0.1, 0.15) is 11.1 Å². The third-order valence-corrected chi connectivity index (χ3v) is 2.98. The first-order valence-electron chi connectivity index (χ1n) is 5.83. The van der Waals surface area contributed by atoms with E-state index < -0.39 is 40.6 Å². The zero-order chi connectivity index (χ0) is 15.7. The first kappa shape index (κ1) is 15.2. The first-order valence-corrected chi connectivity index (χ1v) is 5.83. The van der Waals surface area contributed by atoms with Gasteiger partial charge in [-0.3, -0.25) is 0 Å². The summed E-state index contributed by atoms with van der Waals surface area (Å²) in [6, 6.07) is 3.73. The largest absolute Gasteiger partial charge is 0.376 e. The van der Waals surface area contributed by atoms with Crippen LogP contribution < -0.4 is 5.32 Å². The molecule has 0 saturated carbocycles. The topological polar surface area (TPSA) is 12.0 Å². The molecule has 0 heterocycles. The summed E-state index contributed by atoms with van der Waals surface area (Å²) >= 11 is 0. The Labute approximate surface area is 116 Å². The molecule has 0 atom stereocenters. The van der Waals surface area contributed by atoms with Crippen LogP contribution >= 0.6 is 0 Å². The van der Waals surface area contributed by atoms with Crippen molar-refractivity contribution in [3.8, 4) is 0 Å². The van der Waals surface area contributed by atoms with Gasteiger partial charge in [0, 0.05) is 6.54 Å². The van der Waals surface area contributed by atoms with Crippen LogP contribution in [-0.4, -0.2) is 0 Å². The fourth-order valence-corrected chi connectivity index (χ4v) is 1.77. The van der Waals surface area contributed by atoms with E-state index in [9.17, 15) is 26.3 Å². The van der Waals surface area contributed by atoms with Gasteiger partial charge in [0.25, 0.3) is 0 Å². The highest BCUT2D eigenvalue weighted by atomic mass is 19.2. The molecule has 0 amide bonds. The number of hydrogen-bond donors (Lipinski definition) is 1. The summed E-state index contributed by atoms with van der Waals surface area (Å²) in [7, 11) is 0. The van der Waals surface area contributed by atoms with E-state index in [1.807, 2.05) is 0 Å². The number of hydrogen-bond acceptors (Lipinski definition) is 1. The van der Waals surface area contributed by atoms with Gasteiger partial charge in [-0.1, -0.05) is 6.07 Å². The van der Waals surface area contributed by atoms with Crippen molar-refractivity contribution in [2.24, 2.45) is 0 Å². The molecular weight excluding hydrogens is 296 g/mol. The molecule has 1 nitrogen and oxygen atoms in total. The zero-order valence-corrected chi connectivity index (χ0v) is 10.7. The highest BCUT2D eigenvalue weighted by molar-refractivity contribution is 5.48. The molecule has 2 aromatic carbocycles. The molecule has 1 N–H and O–H groups in total. The van der Waals surface area contributed by atoms with Crippen molar-refractivity contribution in [1.82, 2.24) is 0 Å². The number of rotatable bonds is 3. The summed E-state index contributed by atoms with van der Waals surface area (Å²) in [6.07, 6.45) is 0. The van der Waals surface area contributed by atoms with Crippen molar-refractivity contribution in [3.63, 3.8) is 0 Å². The molecule has 0 spiro atoms. The molecule has 2 aromatic rings. The van der Waals surface area contributed by atoms with E-state index >= 15 is 0 Å². The van der Waals surface area contributed by atoms with Gasteiger partial charge >= 0.3 is 0 Å². The van der Waals surface area contributed by atoms with Crippen LogP contribution in [-0.2, 0) is 6.54 Å². The number of anilines is 1. The minimum atomic E-state index is -2.22. The number of aryl methyl sites for hydroxylation is 1. The lowest BCUT2D eigenvalue weighted by Crippen LogP contribution is -2.10. The Morgan fingerprint density at radius 1 is 0.810 bits per heavy atom. The Morgan fingerprint density at radius 2 is 1.33 bits per heavy atom. The van der Waals surface area contributed by atoms with Gasteiger partial charge in [0.1, 0.15) is 11.5 Å². The molecule has 0 aromatic heterocycles. The van der Waals surface area contributed by atoms with Crippen molar-refractivity contribution in [2.75, 3.05) is 5.32 Å². The van der Waals surface area contributed by atoms with Gasteiger partial charge in [0.15, 0.2) is 23.3 Å². The lowest BCUT2D eigenvalue weighted by atomic mass is 10.1. The third-order valence-electron chi connectivity index (χ3n) is 2.98. The van der Waals surface area contributed by atoms with Gasteiger partial charge in [0.2, 0.25) is 5.82 Å². The summed E-state index contributed by atoms with van der Waals surface area (Å²) < 4.78 is 78.8. The summed E-state index contributed by atoms with van der Waals surface area (Å²) in [5.41, 5.74) is -0.207. The van der Waals surface area contributed by atoms with E-state index in [0.717, 1.165) is 6.07 Å². The summed E-state index contributed by atoms with van der Waals surface area (Å²) in [5.74, 6) is -10.8. The van der Waals surface area contributed by atoms with Crippen LogP contribution in [0, 0.1) is 41.8 Å². The molecule has 0 bridgehead atoms. The summed E-state index contributed by atoms with van der Waals surface area (Å²) in [4.78, 5) is 0. The van der Waals surface area contributed by atoms with Crippen LogP contribution in [0.5, 0.6) is 0 Å². The predicted octanol–water partition coefficient (Wildman–Crippen LogP) is 4.44. The van der Waals surface area contributed by atoms with Crippen LogP contribution in [0.2, 0.25) is 0 Å². The average Bonchev–Trinajstić information content (AvgIpc) is 2.46. The van der Waals surface area contributed by atoms with E-state index in [-0.39, 0.29) is 6.54 Å². The summed E-state index contributed by atoms with van der Waals surface area (Å²) in [5, 5.41) is 2.11. The lowest BCUT2D eigenvalue weighted by Gasteiger charge is -2.12. The molecule has 2 rings (SSSR count). The molecule has 0 aliphatic carbocycles. The second-order valence-electron chi connectivity index (χ2n) is 4.37. The quantitative estimate of drug-likeness (QED) is 0.502. The number of benzene rings is 2. The van der Waals surface area contributed by atoms with Crippen LogP contribution in [0.4, 0.5) is 32.0 Å². The van der Waals surface area contributed by atoms with Gasteiger partial charge < -0.3 is 5.32 Å². The van der Waals surface area contributed by atoms with Gasteiger partial charge in [-0.2, -0.15) is 0 Å². The molecule has 0 fully saturated rings. The maximum atomic E-state index is 13.4. The zero-order valence-electron chi connectivity index (χ0n) is 10.7. The molecule has 21 heavy (non-hydrogen) atoms. The van der Waals surface area contributed by atoms with Gasteiger partial charge in [-0.15, -0.1) is 0 Å². The van der Waals surface area contributed by atoms with Crippen LogP contribution in [0.15, 0.2) is 18.2 Å². The second kappa shape index (κ2) is 5.67. The van der Waals surface area contributed by atoms with Crippen molar-refractivity contribution in [1.29, 1.82) is 0 Å². The normalized spacial score (nSPS) is 10.8. The molecule has 0 aliphatic heterocycles. The van der Waals surface area contributed by atoms with Gasteiger partial charge in [-0.05, 0) is 30.2 Å². The smallest absolute Gasteiger partial charge is 0.200 e. The second-order valence-corrected chi connectivity index (χ2v) is 4.37. The Bertz CT molecular complexity index is 669. The van der Waals surface area contributed by atoms with E-state index in [1.165, 1.54) is 12.1 Å². The average molecular weight is 305 g/mol. The van der Waals surface area contributed by atoms with Crippen molar-refractivity contribution >= 4 is 5.69 Å². The van der Waals surface area contributed by atoms with E-state index in [4.69, 9.17) is 0 Å². The molecule has 7 heteroatoms. The predicted molar refractivity (Wildman–Crippen MR) is 64.7 cm³/mol. The van der Waals surface area contributed by atoms with Gasteiger partial charge in [0.05, 0.1) is 0 Å². The standard InChI is InChI=1S/C14H9F6N/c1-6-2-3-8(15)4-7(6)5-21-14-12(19)10(17)9(16)11(18)13(14)20/h2-4,21H,5H2,1H3. The maximum Gasteiger partial charge on any atom is 0.200 e. The molecule has 112 valence electrons. The van der Waals surface area contributed by atoms with E-state index in [0.29, 0.717) is 11.1 Å². The van der Waals surface area contributed by atoms with E-state index in [2.05, 4.69) is 5.32 Å². The molecule has 0 saturated heterocycles. The fraction of sp³-hybridized carbons (Fsp3) is 0.143. The lowest BCUT2D eigenvalue weighted by molar-refractivity contribution is 0.381. The third kappa shape index (κ3) is 2.81. The van der Waals surface area contributed by atoms with Gasteiger partial charge in [-0.25, -0.2) is 26.3 Å². The van der Waals surface area contributed by atoms with Crippen LogP contribution in [0.3, 0.4) is 0 Å². The molecule has 0 aliphatic rings. The van der Waals surface area contributed by atoms with E-state index in [1.54, 1.807) is 6.92 Å². The molecule has 0 unspecified atom stereocenters. The minimum Gasteiger partial charge on any atom is -0.376 e. The number of nitrogens with one attached hydrogen (secondary N) is 1. The Balaban J connectivity index is 2.35. The Hall–Kier alpha value is -2.18. The summed E-state index contributed by atoms with van der Waals surface area (Å²) in [6.45, 7) is 1.33. The number of halogens is 6. The Kier molecular flexibility index (Phi) is 4.11. The molecular formula is C14H9F6N. The van der Waals surface area contributed by atoms with Crippen LogP contribution in [0.25, 0.3) is 0 Å². The minimum absolute atomic E-state index is 0.290. The Morgan fingerprint density at radius 3 is 1.90 bits per heavy atom. The van der Waals surface area contributed by atoms with Crippen molar-refractivity contribution in [3.05, 3.63) is 64.2 Å². The fourth-order valence-electron chi connectivity index (χ4n) is 1.77. The highest BCUT2D eigenvalue weighted by Gasteiger charge is 2.25.